The standard InChI is InChI=1S/C17H28N4O/c22-17(19-16-12-20-8-6-13(16)7-9-20)14-10-18-21(11-14)15-4-2-1-3-5-15/h11,13,15-16,18H,1-10,12H2,(H,19,22). The number of hydrogen-bond acceptors (Lipinski definition) is 4. The van der Waals surface area contributed by atoms with Gasteiger partial charge in [0.15, 0.2) is 0 Å². The number of piperidine rings is 3. The van der Waals surface area contributed by atoms with Gasteiger partial charge >= 0.3 is 0 Å². The van der Waals surface area contributed by atoms with Crippen molar-refractivity contribution in [3.05, 3.63) is 11.8 Å². The number of rotatable bonds is 3. The molecule has 5 heteroatoms. The average Bonchev–Trinajstić information content (AvgIpc) is 3.07. The number of hydrazine groups is 1. The summed E-state index contributed by atoms with van der Waals surface area (Å²) in [7, 11) is 0. The SMILES string of the molecule is O=C(NC1CN2CCC1CC2)C1=CN(C2CCCCC2)NC1. The Labute approximate surface area is 133 Å². The Morgan fingerprint density at radius 2 is 1.91 bits per heavy atom. The molecule has 0 aromatic heterocycles. The van der Waals surface area contributed by atoms with Gasteiger partial charge in [0.25, 0.3) is 0 Å². The monoisotopic (exact) mass is 304 g/mol. The fourth-order valence-corrected chi connectivity index (χ4v) is 4.56. The maximum absolute atomic E-state index is 12.6. The Bertz CT molecular complexity index is 450. The van der Waals surface area contributed by atoms with Crippen LogP contribution < -0.4 is 10.7 Å². The molecule has 22 heavy (non-hydrogen) atoms. The van der Waals surface area contributed by atoms with Crippen molar-refractivity contribution < 1.29 is 4.79 Å². The lowest BCUT2D eigenvalue weighted by Gasteiger charge is -2.44. The number of hydrogen-bond donors (Lipinski definition) is 2. The van der Waals surface area contributed by atoms with Gasteiger partial charge < -0.3 is 15.2 Å². The molecule has 5 nitrogen and oxygen atoms in total. The van der Waals surface area contributed by atoms with Crippen molar-refractivity contribution in [1.82, 2.24) is 20.7 Å². The smallest absolute Gasteiger partial charge is 0.250 e. The largest absolute Gasteiger partial charge is 0.348 e. The Balaban J connectivity index is 1.34. The second kappa shape index (κ2) is 6.20. The summed E-state index contributed by atoms with van der Waals surface area (Å²) < 4.78 is 0. The zero-order chi connectivity index (χ0) is 14.9. The summed E-state index contributed by atoms with van der Waals surface area (Å²) in [5.74, 6) is 0.836. The molecule has 1 amide bonds. The van der Waals surface area contributed by atoms with E-state index in [1.54, 1.807) is 0 Å². The van der Waals surface area contributed by atoms with Crippen LogP contribution in [0, 0.1) is 5.92 Å². The van der Waals surface area contributed by atoms with Gasteiger partial charge in [0, 0.05) is 36.9 Å². The number of carbonyl (C=O) groups is 1. The molecule has 1 saturated carbocycles. The van der Waals surface area contributed by atoms with Crippen molar-refractivity contribution in [2.45, 2.75) is 57.0 Å². The molecule has 4 aliphatic heterocycles. The molecule has 2 bridgehead atoms. The number of nitrogens with one attached hydrogen (secondary N) is 2. The van der Waals surface area contributed by atoms with Crippen LogP contribution in [0.5, 0.6) is 0 Å². The Kier molecular flexibility index (Phi) is 4.09. The van der Waals surface area contributed by atoms with Gasteiger partial charge in [-0.3, -0.25) is 4.79 Å². The van der Waals surface area contributed by atoms with Gasteiger partial charge in [0.1, 0.15) is 0 Å². The quantitative estimate of drug-likeness (QED) is 0.823. The van der Waals surface area contributed by atoms with E-state index in [0.717, 1.165) is 12.1 Å². The molecule has 2 N–H and O–H groups in total. The van der Waals surface area contributed by atoms with Crippen molar-refractivity contribution in [3.8, 4) is 0 Å². The minimum absolute atomic E-state index is 0.143. The third-order valence-corrected chi connectivity index (χ3v) is 5.98. The van der Waals surface area contributed by atoms with Crippen LogP contribution in [-0.4, -0.2) is 54.1 Å². The van der Waals surface area contributed by atoms with E-state index in [1.165, 1.54) is 58.0 Å². The lowest BCUT2D eigenvalue weighted by molar-refractivity contribution is -0.119. The highest BCUT2D eigenvalue weighted by molar-refractivity contribution is 5.94. The van der Waals surface area contributed by atoms with Gasteiger partial charge in [0.2, 0.25) is 5.91 Å². The van der Waals surface area contributed by atoms with E-state index in [-0.39, 0.29) is 5.91 Å². The van der Waals surface area contributed by atoms with Crippen LogP contribution in [-0.2, 0) is 4.79 Å². The first-order valence-electron chi connectivity index (χ1n) is 9.05. The molecule has 0 aromatic rings. The first-order valence-corrected chi connectivity index (χ1v) is 9.05. The van der Waals surface area contributed by atoms with Crippen molar-refractivity contribution in [2.24, 2.45) is 5.92 Å². The summed E-state index contributed by atoms with van der Waals surface area (Å²) >= 11 is 0. The van der Waals surface area contributed by atoms with Gasteiger partial charge in [-0.15, -0.1) is 0 Å². The fraction of sp³-hybridized carbons (Fsp3) is 0.824. The minimum Gasteiger partial charge on any atom is -0.348 e. The lowest BCUT2D eigenvalue weighted by atomic mass is 9.84. The van der Waals surface area contributed by atoms with Gasteiger partial charge in [-0.1, -0.05) is 19.3 Å². The van der Waals surface area contributed by atoms with E-state index >= 15 is 0 Å². The third kappa shape index (κ3) is 2.88. The third-order valence-electron chi connectivity index (χ3n) is 5.98. The number of amides is 1. The molecule has 122 valence electrons. The maximum Gasteiger partial charge on any atom is 0.250 e. The zero-order valence-corrected chi connectivity index (χ0v) is 13.4. The Morgan fingerprint density at radius 1 is 1.14 bits per heavy atom. The molecule has 4 fully saturated rings. The molecule has 3 saturated heterocycles. The van der Waals surface area contributed by atoms with Gasteiger partial charge in [-0.05, 0) is 44.7 Å². The molecule has 0 radical (unpaired) electrons. The van der Waals surface area contributed by atoms with E-state index in [4.69, 9.17) is 0 Å². The van der Waals surface area contributed by atoms with Crippen molar-refractivity contribution in [2.75, 3.05) is 26.2 Å². The molecule has 1 unspecified atom stereocenters. The zero-order valence-electron chi connectivity index (χ0n) is 13.4. The van der Waals surface area contributed by atoms with Gasteiger partial charge in [0.05, 0.1) is 0 Å². The summed E-state index contributed by atoms with van der Waals surface area (Å²) in [5.41, 5.74) is 4.30. The molecular formula is C17H28N4O. The normalized spacial score (nSPS) is 35.5. The summed E-state index contributed by atoms with van der Waals surface area (Å²) in [6.07, 6.45) is 11.0. The summed E-state index contributed by atoms with van der Waals surface area (Å²) in [6.45, 7) is 4.17. The van der Waals surface area contributed by atoms with Crippen molar-refractivity contribution in [3.63, 3.8) is 0 Å². The van der Waals surface area contributed by atoms with Crippen LogP contribution in [0.2, 0.25) is 0 Å². The Morgan fingerprint density at radius 3 is 2.59 bits per heavy atom. The average molecular weight is 304 g/mol. The van der Waals surface area contributed by atoms with Crippen LogP contribution >= 0.6 is 0 Å². The molecule has 0 aromatic carbocycles. The molecule has 0 spiro atoms. The highest BCUT2D eigenvalue weighted by Crippen LogP contribution is 2.28. The second-order valence-corrected chi connectivity index (χ2v) is 7.41. The number of fused-ring (bicyclic) bond motifs is 3. The molecule has 1 atom stereocenters. The van der Waals surface area contributed by atoms with Crippen LogP contribution in [0.3, 0.4) is 0 Å². The first kappa shape index (κ1) is 14.5. The van der Waals surface area contributed by atoms with E-state index in [1.807, 2.05) is 0 Å². The second-order valence-electron chi connectivity index (χ2n) is 7.41. The fourth-order valence-electron chi connectivity index (χ4n) is 4.56. The topological polar surface area (TPSA) is 47.6 Å². The van der Waals surface area contributed by atoms with Crippen molar-refractivity contribution in [1.29, 1.82) is 0 Å². The molecule has 1 aliphatic carbocycles. The maximum atomic E-state index is 12.6. The summed E-state index contributed by atoms with van der Waals surface area (Å²) in [6, 6.07) is 0.940. The number of carbonyl (C=O) groups excluding carboxylic acids is 1. The molecule has 5 rings (SSSR count). The first-order chi connectivity index (χ1) is 10.8. The summed E-state index contributed by atoms with van der Waals surface area (Å²) in [4.78, 5) is 15.0. The lowest BCUT2D eigenvalue weighted by Crippen LogP contribution is -2.57. The van der Waals surface area contributed by atoms with Crippen molar-refractivity contribution >= 4 is 5.91 Å². The van der Waals surface area contributed by atoms with E-state index < -0.39 is 0 Å². The Hall–Kier alpha value is -1.07. The minimum atomic E-state index is 0.143. The molecule has 5 aliphatic rings. The summed E-state index contributed by atoms with van der Waals surface area (Å²) in [5, 5.41) is 5.50. The van der Waals surface area contributed by atoms with E-state index in [9.17, 15) is 4.79 Å². The van der Waals surface area contributed by atoms with Crippen LogP contribution in [0.1, 0.15) is 44.9 Å². The van der Waals surface area contributed by atoms with Crippen LogP contribution in [0.25, 0.3) is 0 Å². The highest BCUT2D eigenvalue weighted by Gasteiger charge is 2.35. The van der Waals surface area contributed by atoms with Gasteiger partial charge in [-0.2, -0.15) is 0 Å². The highest BCUT2D eigenvalue weighted by atomic mass is 16.1. The van der Waals surface area contributed by atoms with Crippen LogP contribution in [0.4, 0.5) is 0 Å². The molecular weight excluding hydrogens is 276 g/mol. The van der Waals surface area contributed by atoms with Gasteiger partial charge in [-0.25, -0.2) is 5.43 Å². The van der Waals surface area contributed by atoms with E-state index in [2.05, 4.69) is 26.9 Å². The predicted octanol–water partition coefficient (Wildman–Crippen LogP) is 1.23. The number of nitrogens with zero attached hydrogens (tertiary/aromatic N) is 2. The van der Waals surface area contributed by atoms with E-state index in [0.29, 0.717) is 24.5 Å². The van der Waals surface area contributed by atoms with Crippen LogP contribution in [0.15, 0.2) is 11.8 Å². The predicted molar refractivity (Wildman–Crippen MR) is 85.9 cm³/mol. The molecule has 4 heterocycles.